The van der Waals surface area contributed by atoms with Gasteiger partial charge in [-0.2, -0.15) is 0 Å². The van der Waals surface area contributed by atoms with Crippen molar-refractivity contribution in [2.24, 2.45) is 0 Å². The summed E-state index contributed by atoms with van der Waals surface area (Å²) in [6, 6.07) is 9.38. The summed E-state index contributed by atoms with van der Waals surface area (Å²) in [5, 5.41) is 4.25. The van der Waals surface area contributed by atoms with Gasteiger partial charge in [-0.25, -0.2) is 4.79 Å². The topological polar surface area (TPSA) is 76.1 Å². The standard InChI is InChI=1S/C18H24ClN3O3/c1-14(15-7-3-4-8-16(15)19)20-10-5-2-6-12-25-13-22-11-9-17(23)21-18(22)24/h3-4,7-9,11,14,20H,2,5-6,10,12-13H2,1H3,(H,21,23,24)/t14-/m1/s1. The van der Waals surface area contributed by atoms with E-state index in [1.165, 1.54) is 16.8 Å². The number of halogens is 1. The predicted molar refractivity (Wildman–Crippen MR) is 99.0 cm³/mol. The number of ether oxygens (including phenoxy) is 1. The minimum atomic E-state index is -0.453. The van der Waals surface area contributed by atoms with Crippen LogP contribution in [0.15, 0.2) is 46.1 Å². The average Bonchev–Trinajstić information content (AvgIpc) is 2.59. The summed E-state index contributed by atoms with van der Waals surface area (Å²) >= 11 is 6.19. The van der Waals surface area contributed by atoms with Gasteiger partial charge < -0.3 is 10.1 Å². The maximum atomic E-state index is 11.5. The molecule has 0 aliphatic carbocycles. The van der Waals surface area contributed by atoms with E-state index in [9.17, 15) is 9.59 Å². The summed E-state index contributed by atoms with van der Waals surface area (Å²) in [6.07, 6.45) is 4.42. The van der Waals surface area contributed by atoms with Gasteiger partial charge in [0.25, 0.3) is 5.56 Å². The van der Waals surface area contributed by atoms with Gasteiger partial charge in [0.2, 0.25) is 0 Å². The van der Waals surface area contributed by atoms with Crippen LogP contribution in [0.5, 0.6) is 0 Å². The monoisotopic (exact) mass is 365 g/mol. The molecule has 0 amide bonds. The Morgan fingerprint density at radius 2 is 2.00 bits per heavy atom. The van der Waals surface area contributed by atoms with Gasteiger partial charge in [-0.3, -0.25) is 14.3 Å². The number of H-pyrrole nitrogens is 1. The molecule has 0 saturated carbocycles. The fraction of sp³-hybridized carbons (Fsp3) is 0.444. The molecule has 25 heavy (non-hydrogen) atoms. The van der Waals surface area contributed by atoms with E-state index in [0.29, 0.717) is 6.61 Å². The third kappa shape index (κ3) is 6.49. The molecule has 2 aromatic rings. The maximum Gasteiger partial charge on any atom is 0.330 e. The van der Waals surface area contributed by atoms with Crippen LogP contribution in [-0.4, -0.2) is 22.7 Å². The van der Waals surface area contributed by atoms with Gasteiger partial charge in [0.05, 0.1) is 0 Å². The fourth-order valence-corrected chi connectivity index (χ4v) is 2.77. The van der Waals surface area contributed by atoms with Gasteiger partial charge in [0.15, 0.2) is 0 Å². The SMILES string of the molecule is C[C@@H](NCCCCCOCn1ccc(=O)[nH]c1=O)c1ccccc1Cl. The first-order valence-corrected chi connectivity index (χ1v) is 8.81. The summed E-state index contributed by atoms with van der Waals surface area (Å²) < 4.78 is 6.78. The van der Waals surface area contributed by atoms with Gasteiger partial charge in [-0.1, -0.05) is 29.8 Å². The highest BCUT2D eigenvalue weighted by Crippen LogP contribution is 2.21. The molecular weight excluding hydrogens is 342 g/mol. The molecule has 0 spiro atoms. The Kier molecular flexibility index (Phi) is 7.91. The molecule has 1 aromatic heterocycles. The lowest BCUT2D eigenvalue weighted by Gasteiger charge is -2.15. The molecular formula is C18H24ClN3O3. The third-order valence-corrected chi connectivity index (χ3v) is 4.26. The van der Waals surface area contributed by atoms with Crippen molar-refractivity contribution in [3.8, 4) is 0 Å². The van der Waals surface area contributed by atoms with E-state index in [0.717, 1.165) is 36.4 Å². The van der Waals surface area contributed by atoms with Crippen LogP contribution in [0.3, 0.4) is 0 Å². The van der Waals surface area contributed by atoms with Crippen molar-refractivity contribution < 1.29 is 4.74 Å². The quantitative estimate of drug-likeness (QED) is 0.635. The van der Waals surface area contributed by atoms with Crippen molar-refractivity contribution in [3.63, 3.8) is 0 Å². The highest BCUT2D eigenvalue weighted by molar-refractivity contribution is 6.31. The number of rotatable bonds is 10. The first-order valence-electron chi connectivity index (χ1n) is 8.43. The Bertz CT molecular complexity index is 772. The predicted octanol–water partition coefficient (Wildman–Crippen LogP) is 2.69. The second-order valence-corrected chi connectivity index (χ2v) is 6.28. The summed E-state index contributed by atoms with van der Waals surface area (Å²) in [7, 11) is 0. The van der Waals surface area contributed by atoms with Crippen molar-refractivity contribution in [1.29, 1.82) is 0 Å². The summed E-state index contributed by atoms with van der Waals surface area (Å²) in [6.45, 7) is 3.74. The van der Waals surface area contributed by atoms with Crippen LogP contribution in [0.25, 0.3) is 0 Å². The third-order valence-electron chi connectivity index (χ3n) is 3.91. The number of aromatic amines is 1. The van der Waals surface area contributed by atoms with Crippen molar-refractivity contribution >= 4 is 11.6 Å². The Morgan fingerprint density at radius 3 is 2.76 bits per heavy atom. The van der Waals surface area contributed by atoms with Crippen LogP contribution in [0.4, 0.5) is 0 Å². The van der Waals surface area contributed by atoms with Crippen LogP contribution in [0, 0.1) is 0 Å². The number of hydrogen-bond donors (Lipinski definition) is 2. The molecule has 0 aliphatic heterocycles. The van der Waals surface area contributed by atoms with Crippen LogP contribution in [0.1, 0.15) is 37.8 Å². The van der Waals surface area contributed by atoms with E-state index in [2.05, 4.69) is 17.2 Å². The van der Waals surface area contributed by atoms with Gasteiger partial charge in [0.1, 0.15) is 6.73 Å². The Morgan fingerprint density at radius 1 is 1.20 bits per heavy atom. The largest absolute Gasteiger partial charge is 0.361 e. The molecule has 0 aliphatic rings. The molecule has 7 heteroatoms. The number of aromatic nitrogens is 2. The van der Waals surface area contributed by atoms with E-state index in [4.69, 9.17) is 16.3 Å². The van der Waals surface area contributed by atoms with Crippen molar-refractivity contribution in [1.82, 2.24) is 14.9 Å². The summed E-state index contributed by atoms with van der Waals surface area (Å²) in [5.74, 6) is 0. The smallest absolute Gasteiger partial charge is 0.330 e. The normalized spacial score (nSPS) is 12.2. The van der Waals surface area contributed by atoms with E-state index in [1.54, 1.807) is 0 Å². The highest BCUT2D eigenvalue weighted by atomic mass is 35.5. The first kappa shape index (κ1) is 19.4. The maximum absolute atomic E-state index is 11.5. The number of nitrogens with one attached hydrogen (secondary N) is 2. The number of benzene rings is 1. The molecule has 0 saturated heterocycles. The highest BCUT2D eigenvalue weighted by Gasteiger charge is 2.07. The molecule has 2 N–H and O–H groups in total. The first-order chi connectivity index (χ1) is 12.1. The molecule has 0 fully saturated rings. The minimum Gasteiger partial charge on any atom is -0.361 e. The molecule has 0 bridgehead atoms. The van der Waals surface area contributed by atoms with Gasteiger partial charge in [-0.15, -0.1) is 0 Å². The number of nitrogens with zero attached hydrogens (tertiary/aromatic N) is 1. The van der Waals surface area contributed by atoms with Crippen molar-refractivity contribution in [2.75, 3.05) is 13.2 Å². The molecule has 0 unspecified atom stereocenters. The van der Waals surface area contributed by atoms with Crippen LogP contribution < -0.4 is 16.6 Å². The molecule has 2 rings (SSSR count). The lowest BCUT2D eigenvalue weighted by atomic mass is 10.1. The molecule has 1 atom stereocenters. The van der Waals surface area contributed by atoms with E-state index in [1.807, 2.05) is 24.3 Å². The van der Waals surface area contributed by atoms with Gasteiger partial charge in [0, 0.05) is 29.9 Å². The van der Waals surface area contributed by atoms with Gasteiger partial charge in [-0.05, 0) is 44.4 Å². The summed E-state index contributed by atoms with van der Waals surface area (Å²) in [4.78, 5) is 24.6. The Balaban J connectivity index is 1.56. The average molecular weight is 366 g/mol. The van der Waals surface area contributed by atoms with Gasteiger partial charge >= 0.3 is 5.69 Å². The van der Waals surface area contributed by atoms with Crippen LogP contribution >= 0.6 is 11.6 Å². The lowest BCUT2D eigenvalue weighted by Crippen LogP contribution is -2.29. The minimum absolute atomic E-state index is 0.150. The zero-order valence-corrected chi connectivity index (χ0v) is 15.1. The van der Waals surface area contributed by atoms with Crippen LogP contribution in [0.2, 0.25) is 5.02 Å². The second-order valence-electron chi connectivity index (χ2n) is 5.88. The molecule has 136 valence electrons. The second kappa shape index (κ2) is 10.2. The fourth-order valence-electron chi connectivity index (χ4n) is 2.47. The molecule has 6 nitrogen and oxygen atoms in total. The molecule has 1 heterocycles. The zero-order valence-electron chi connectivity index (χ0n) is 14.3. The van der Waals surface area contributed by atoms with Crippen LogP contribution in [-0.2, 0) is 11.5 Å². The Labute approximate surface area is 151 Å². The Hall–Kier alpha value is -1.89. The van der Waals surface area contributed by atoms with E-state index in [-0.39, 0.29) is 12.8 Å². The lowest BCUT2D eigenvalue weighted by molar-refractivity contribution is 0.0707. The van der Waals surface area contributed by atoms with Crippen molar-refractivity contribution in [3.05, 3.63) is 68.0 Å². The number of unbranched alkanes of at least 4 members (excludes halogenated alkanes) is 2. The van der Waals surface area contributed by atoms with E-state index < -0.39 is 11.2 Å². The summed E-state index contributed by atoms with van der Waals surface area (Å²) in [5.41, 5.74) is 0.254. The zero-order chi connectivity index (χ0) is 18.1. The molecule has 0 radical (unpaired) electrons. The van der Waals surface area contributed by atoms with E-state index >= 15 is 0 Å². The molecule has 1 aromatic carbocycles. The van der Waals surface area contributed by atoms with Crippen molar-refractivity contribution in [2.45, 2.75) is 39.0 Å². The number of hydrogen-bond acceptors (Lipinski definition) is 4.